The highest BCUT2D eigenvalue weighted by Crippen LogP contribution is 2.17. The number of para-hydroxylation sites is 2. The lowest BCUT2D eigenvalue weighted by atomic mass is 10.2. The highest BCUT2D eigenvalue weighted by atomic mass is 16.5. The van der Waals surface area contributed by atoms with Crippen LogP contribution in [0.1, 0.15) is 5.56 Å². The Morgan fingerprint density at radius 2 is 1.85 bits per heavy atom. The molecule has 2 aromatic rings. The summed E-state index contributed by atoms with van der Waals surface area (Å²) in [7, 11) is 0. The number of hydrogen-bond acceptors (Lipinski definition) is 4. The molecule has 2 rings (SSSR count). The van der Waals surface area contributed by atoms with E-state index in [1.165, 1.54) is 0 Å². The van der Waals surface area contributed by atoms with Crippen molar-refractivity contribution in [1.82, 2.24) is 0 Å². The number of rotatable bonds is 5. The molecule has 5 nitrogen and oxygen atoms in total. The van der Waals surface area contributed by atoms with Crippen LogP contribution < -0.4 is 15.8 Å². The summed E-state index contributed by atoms with van der Waals surface area (Å²) in [6, 6.07) is 13.9. The average Bonchev–Trinajstić information content (AvgIpc) is 2.48. The normalized spacial score (nSPS) is 10.1. The maximum Gasteiger partial charge on any atom is 0.262 e. The Labute approximate surface area is 117 Å². The van der Waals surface area contributed by atoms with Crippen molar-refractivity contribution in [2.24, 2.45) is 0 Å². The third kappa shape index (κ3) is 3.73. The van der Waals surface area contributed by atoms with E-state index in [0.29, 0.717) is 17.1 Å². The van der Waals surface area contributed by atoms with Crippen molar-refractivity contribution in [2.75, 3.05) is 17.7 Å². The molecular formula is C15H16N2O3. The first-order chi connectivity index (χ1) is 9.69. The number of nitrogen functional groups attached to an aromatic ring is 1. The lowest BCUT2D eigenvalue weighted by Crippen LogP contribution is -2.20. The van der Waals surface area contributed by atoms with Crippen LogP contribution in [0.15, 0.2) is 48.5 Å². The van der Waals surface area contributed by atoms with Crippen molar-refractivity contribution in [3.05, 3.63) is 54.1 Å². The maximum atomic E-state index is 11.7. The van der Waals surface area contributed by atoms with Crippen molar-refractivity contribution < 1.29 is 14.6 Å². The summed E-state index contributed by atoms with van der Waals surface area (Å²) in [5, 5.41) is 11.6. The molecule has 0 fully saturated rings. The van der Waals surface area contributed by atoms with Crippen molar-refractivity contribution in [3.8, 4) is 5.75 Å². The number of nitrogens with one attached hydrogen (secondary N) is 1. The summed E-state index contributed by atoms with van der Waals surface area (Å²) in [6.45, 7) is -0.124. The van der Waals surface area contributed by atoms with Crippen LogP contribution in [-0.2, 0) is 11.4 Å². The van der Waals surface area contributed by atoms with E-state index in [-0.39, 0.29) is 19.1 Å². The van der Waals surface area contributed by atoms with E-state index in [0.717, 1.165) is 5.56 Å². The van der Waals surface area contributed by atoms with Gasteiger partial charge in [0.2, 0.25) is 0 Å². The molecule has 0 heterocycles. The van der Waals surface area contributed by atoms with Crippen molar-refractivity contribution in [1.29, 1.82) is 0 Å². The third-order valence-electron chi connectivity index (χ3n) is 2.71. The van der Waals surface area contributed by atoms with Gasteiger partial charge in [-0.15, -0.1) is 0 Å². The minimum atomic E-state index is -0.283. The molecule has 20 heavy (non-hydrogen) atoms. The minimum Gasteiger partial charge on any atom is -0.484 e. The fourth-order valence-corrected chi connectivity index (χ4v) is 1.64. The molecule has 0 aliphatic rings. The first-order valence-corrected chi connectivity index (χ1v) is 6.16. The van der Waals surface area contributed by atoms with Crippen LogP contribution >= 0.6 is 0 Å². The Balaban J connectivity index is 1.87. The van der Waals surface area contributed by atoms with Crippen LogP contribution in [-0.4, -0.2) is 17.6 Å². The van der Waals surface area contributed by atoms with Crippen molar-refractivity contribution in [2.45, 2.75) is 6.61 Å². The SMILES string of the molecule is Nc1ccccc1NC(=O)COc1ccc(CO)cc1. The van der Waals surface area contributed by atoms with Gasteiger partial charge in [-0.2, -0.15) is 0 Å². The van der Waals surface area contributed by atoms with E-state index in [1.54, 1.807) is 48.5 Å². The smallest absolute Gasteiger partial charge is 0.262 e. The lowest BCUT2D eigenvalue weighted by Gasteiger charge is -2.09. The van der Waals surface area contributed by atoms with Gasteiger partial charge >= 0.3 is 0 Å². The molecule has 5 heteroatoms. The van der Waals surface area contributed by atoms with E-state index in [2.05, 4.69) is 5.32 Å². The zero-order valence-electron chi connectivity index (χ0n) is 10.9. The van der Waals surface area contributed by atoms with Crippen LogP contribution in [0.5, 0.6) is 5.75 Å². The molecular weight excluding hydrogens is 256 g/mol. The molecule has 0 radical (unpaired) electrons. The van der Waals surface area contributed by atoms with Gasteiger partial charge in [0.1, 0.15) is 5.75 Å². The summed E-state index contributed by atoms with van der Waals surface area (Å²) in [6.07, 6.45) is 0. The Bertz CT molecular complexity index is 582. The number of hydrogen-bond donors (Lipinski definition) is 3. The Kier molecular flexibility index (Phi) is 4.57. The molecule has 0 saturated heterocycles. The van der Waals surface area contributed by atoms with Gasteiger partial charge in [-0.1, -0.05) is 24.3 Å². The van der Waals surface area contributed by atoms with Crippen molar-refractivity contribution in [3.63, 3.8) is 0 Å². The quantitative estimate of drug-likeness (QED) is 0.724. The fraction of sp³-hybridized carbons (Fsp3) is 0.133. The number of carbonyl (C=O) groups is 1. The molecule has 1 amide bonds. The second kappa shape index (κ2) is 6.58. The first kappa shape index (κ1) is 13.9. The van der Waals surface area contributed by atoms with Gasteiger partial charge < -0.3 is 20.9 Å². The lowest BCUT2D eigenvalue weighted by molar-refractivity contribution is -0.118. The summed E-state index contributed by atoms with van der Waals surface area (Å²) in [4.78, 5) is 11.7. The number of nitrogens with two attached hydrogens (primary N) is 1. The molecule has 0 aliphatic heterocycles. The number of ether oxygens (including phenoxy) is 1. The zero-order valence-corrected chi connectivity index (χ0v) is 10.9. The highest BCUT2D eigenvalue weighted by molar-refractivity contribution is 5.94. The van der Waals surface area contributed by atoms with Gasteiger partial charge in [-0.05, 0) is 29.8 Å². The molecule has 0 unspecified atom stereocenters. The number of aliphatic hydroxyl groups is 1. The van der Waals surface area contributed by atoms with E-state index in [9.17, 15) is 4.79 Å². The Hall–Kier alpha value is -2.53. The van der Waals surface area contributed by atoms with Gasteiger partial charge in [0.25, 0.3) is 5.91 Å². The number of anilines is 2. The third-order valence-corrected chi connectivity index (χ3v) is 2.71. The molecule has 2 aromatic carbocycles. The minimum absolute atomic E-state index is 0.0198. The van der Waals surface area contributed by atoms with Crippen molar-refractivity contribution >= 4 is 17.3 Å². The molecule has 0 saturated carbocycles. The second-order valence-electron chi connectivity index (χ2n) is 4.23. The maximum absolute atomic E-state index is 11.7. The van der Waals surface area contributed by atoms with Crippen LogP contribution in [0.2, 0.25) is 0 Å². The summed E-state index contributed by atoms with van der Waals surface area (Å²) < 4.78 is 5.34. The highest BCUT2D eigenvalue weighted by Gasteiger charge is 2.05. The predicted octanol–water partition coefficient (Wildman–Crippen LogP) is 1.78. The van der Waals surface area contributed by atoms with Crippen LogP contribution in [0, 0.1) is 0 Å². The van der Waals surface area contributed by atoms with Gasteiger partial charge in [-0.3, -0.25) is 4.79 Å². The first-order valence-electron chi connectivity index (χ1n) is 6.16. The molecule has 0 aliphatic carbocycles. The molecule has 104 valence electrons. The standard InChI is InChI=1S/C15H16N2O3/c16-13-3-1-2-4-14(13)17-15(19)10-20-12-7-5-11(9-18)6-8-12/h1-8,18H,9-10,16H2,(H,17,19). The molecule has 0 bridgehead atoms. The van der Waals surface area contributed by atoms with E-state index < -0.39 is 0 Å². The van der Waals surface area contributed by atoms with E-state index in [4.69, 9.17) is 15.6 Å². The summed E-state index contributed by atoms with van der Waals surface area (Å²) in [5.41, 5.74) is 7.59. The fourth-order valence-electron chi connectivity index (χ4n) is 1.64. The largest absolute Gasteiger partial charge is 0.484 e. The average molecular weight is 272 g/mol. The molecule has 0 spiro atoms. The Morgan fingerprint density at radius 3 is 2.50 bits per heavy atom. The topological polar surface area (TPSA) is 84.6 Å². The summed E-state index contributed by atoms with van der Waals surface area (Å²) >= 11 is 0. The monoisotopic (exact) mass is 272 g/mol. The number of amides is 1. The number of benzene rings is 2. The molecule has 0 aromatic heterocycles. The van der Waals surface area contributed by atoms with Gasteiger partial charge in [-0.25, -0.2) is 0 Å². The predicted molar refractivity (Wildman–Crippen MR) is 77.3 cm³/mol. The summed E-state index contributed by atoms with van der Waals surface area (Å²) in [5.74, 6) is 0.285. The zero-order chi connectivity index (χ0) is 14.4. The molecule has 4 N–H and O–H groups in total. The molecule has 0 atom stereocenters. The van der Waals surface area contributed by atoms with Gasteiger partial charge in [0.15, 0.2) is 6.61 Å². The number of aliphatic hydroxyl groups excluding tert-OH is 1. The second-order valence-corrected chi connectivity index (χ2v) is 4.23. The van der Waals surface area contributed by atoms with Gasteiger partial charge in [0.05, 0.1) is 18.0 Å². The van der Waals surface area contributed by atoms with Crippen LogP contribution in [0.25, 0.3) is 0 Å². The van der Waals surface area contributed by atoms with Crippen LogP contribution in [0.4, 0.5) is 11.4 Å². The number of carbonyl (C=O) groups excluding carboxylic acids is 1. The van der Waals surface area contributed by atoms with Crippen LogP contribution in [0.3, 0.4) is 0 Å². The van der Waals surface area contributed by atoms with Gasteiger partial charge in [0, 0.05) is 0 Å². The van der Waals surface area contributed by atoms with E-state index in [1.807, 2.05) is 0 Å². The Morgan fingerprint density at radius 1 is 1.15 bits per heavy atom. The van der Waals surface area contributed by atoms with E-state index >= 15 is 0 Å².